The fourth-order valence-corrected chi connectivity index (χ4v) is 2.95. The first kappa shape index (κ1) is 20.6. The van der Waals surface area contributed by atoms with Gasteiger partial charge in [-0.05, 0) is 32.9 Å². The number of ether oxygens (including phenoxy) is 2. The summed E-state index contributed by atoms with van der Waals surface area (Å²) in [5, 5.41) is 2.79. The van der Waals surface area contributed by atoms with Crippen LogP contribution in [0.1, 0.15) is 31.1 Å². The molecule has 8 heteroatoms. The molecule has 0 heterocycles. The average Bonchev–Trinajstić information content (AvgIpc) is 2.66. The van der Waals surface area contributed by atoms with Crippen LogP contribution < -0.4 is 19.5 Å². The van der Waals surface area contributed by atoms with Crippen LogP contribution in [0, 0.1) is 0 Å². The fourth-order valence-electron chi connectivity index (χ4n) is 2.31. The van der Waals surface area contributed by atoms with Crippen molar-refractivity contribution in [3.8, 4) is 11.5 Å². The van der Waals surface area contributed by atoms with Gasteiger partial charge in [0.25, 0.3) is 5.91 Å². The van der Waals surface area contributed by atoms with E-state index in [0.29, 0.717) is 36.0 Å². The third-order valence-electron chi connectivity index (χ3n) is 3.61. The van der Waals surface area contributed by atoms with E-state index in [2.05, 4.69) is 10.0 Å². The Morgan fingerprint density at radius 1 is 0.926 bits per heavy atom. The molecule has 0 aromatic heterocycles. The second-order valence-corrected chi connectivity index (χ2v) is 7.55. The number of rotatable bonds is 9. The molecule has 0 aliphatic heterocycles. The second-order valence-electron chi connectivity index (χ2n) is 5.54. The molecule has 0 saturated heterocycles. The summed E-state index contributed by atoms with van der Waals surface area (Å²) in [5.74, 6) is 0.274. The molecular weight excluding hydrogens is 368 g/mol. The number of sulfonamides is 1. The Hall–Kier alpha value is -2.74. The number of anilines is 2. The third kappa shape index (κ3) is 5.62. The molecule has 1 amide bonds. The summed E-state index contributed by atoms with van der Waals surface area (Å²) in [4.78, 5) is 12.5. The number of carbonyl (C=O) groups is 1. The van der Waals surface area contributed by atoms with E-state index in [1.54, 1.807) is 51.1 Å². The highest BCUT2D eigenvalue weighted by molar-refractivity contribution is 7.92. The zero-order chi connectivity index (χ0) is 19.9. The van der Waals surface area contributed by atoms with Gasteiger partial charge in [-0.3, -0.25) is 9.52 Å². The Kier molecular flexibility index (Phi) is 7.06. The van der Waals surface area contributed by atoms with Gasteiger partial charge < -0.3 is 14.8 Å². The summed E-state index contributed by atoms with van der Waals surface area (Å²) < 4.78 is 37.6. The van der Waals surface area contributed by atoms with E-state index in [9.17, 15) is 13.2 Å². The van der Waals surface area contributed by atoms with Gasteiger partial charge >= 0.3 is 0 Å². The van der Waals surface area contributed by atoms with Crippen molar-refractivity contribution < 1.29 is 22.7 Å². The van der Waals surface area contributed by atoms with Crippen LogP contribution in [0.4, 0.5) is 11.4 Å². The molecule has 7 nitrogen and oxygen atoms in total. The van der Waals surface area contributed by atoms with Crippen LogP contribution in [0.15, 0.2) is 42.5 Å². The van der Waals surface area contributed by atoms with E-state index < -0.39 is 10.0 Å². The predicted octanol–water partition coefficient (Wildman–Crippen LogP) is 3.50. The number of hydrogen-bond donors (Lipinski definition) is 2. The summed E-state index contributed by atoms with van der Waals surface area (Å²) in [6.07, 6.45) is 0. The first-order valence-electron chi connectivity index (χ1n) is 8.70. The van der Waals surface area contributed by atoms with E-state index in [1.165, 1.54) is 6.07 Å². The summed E-state index contributed by atoms with van der Waals surface area (Å²) in [6.45, 7) is 5.82. The SMILES string of the molecule is CCOc1cc(NS(=O)(=O)CC)c(OCC)cc1NC(=O)c1ccccc1. The van der Waals surface area contributed by atoms with E-state index >= 15 is 0 Å². The summed E-state index contributed by atoms with van der Waals surface area (Å²) >= 11 is 0. The van der Waals surface area contributed by atoms with Crippen molar-refractivity contribution in [1.82, 2.24) is 0 Å². The molecule has 0 fully saturated rings. The maximum Gasteiger partial charge on any atom is 0.255 e. The zero-order valence-corrected chi connectivity index (χ0v) is 16.4. The molecule has 0 saturated carbocycles. The largest absolute Gasteiger partial charge is 0.492 e. The quantitative estimate of drug-likeness (QED) is 0.681. The molecule has 2 aromatic carbocycles. The molecule has 0 spiro atoms. The number of nitrogens with one attached hydrogen (secondary N) is 2. The van der Waals surface area contributed by atoms with Gasteiger partial charge in [0.2, 0.25) is 10.0 Å². The lowest BCUT2D eigenvalue weighted by Crippen LogP contribution is -2.17. The number of amides is 1. The van der Waals surface area contributed by atoms with Crippen LogP contribution in [-0.4, -0.2) is 33.3 Å². The van der Waals surface area contributed by atoms with Crippen molar-refractivity contribution in [3.05, 3.63) is 48.0 Å². The first-order valence-corrected chi connectivity index (χ1v) is 10.4. The highest BCUT2D eigenvalue weighted by Crippen LogP contribution is 2.37. The van der Waals surface area contributed by atoms with Crippen LogP contribution in [-0.2, 0) is 10.0 Å². The normalized spacial score (nSPS) is 10.9. The maximum atomic E-state index is 12.5. The van der Waals surface area contributed by atoms with Gasteiger partial charge in [0.1, 0.15) is 11.5 Å². The summed E-state index contributed by atoms with van der Waals surface area (Å²) in [5.41, 5.74) is 1.15. The Morgan fingerprint density at radius 2 is 1.48 bits per heavy atom. The van der Waals surface area contributed by atoms with Crippen molar-refractivity contribution >= 4 is 27.3 Å². The molecule has 0 radical (unpaired) electrons. The standard InChI is InChI=1S/C19H24N2O5S/c1-4-25-17-13-16(21-27(23,24)6-3)18(26-5-2)12-15(17)20-19(22)14-10-8-7-9-11-14/h7-13,21H,4-6H2,1-3H3,(H,20,22). The Morgan fingerprint density at radius 3 is 2.04 bits per heavy atom. The molecular formula is C19H24N2O5S. The van der Waals surface area contributed by atoms with Crippen molar-refractivity contribution in [1.29, 1.82) is 0 Å². The van der Waals surface area contributed by atoms with Gasteiger partial charge in [0.15, 0.2) is 0 Å². The minimum atomic E-state index is -3.50. The van der Waals surface area contributed by atoms with Crippen molar-refractivity contribution in [2.45, 2.75) is 20.8 Å². The lowest BCUT2D eigenvalue weighted by Gasteiger charge is -2.18. The van der Waals surface area contributed by atoms with E-state index in [1.807, 2.05) is 6.07 Å². The first-order chi connectivity index (χ1) is 12.9. The van der Waals surface area contributed by atoms with E-state index in [0.717, 1.165) is 0 Å². The van der Waals surface area contributed by atoms with Crippen LogP contribution >= 0.6 is 0 Å². The summed E-state index contributed by atoms with van der Waals surface area (Å²) in [7, 11) is -3.50. The Bertz CT molecular complexity index is 882. The average molecular weight is 392 g/mol. The Balaban J connectivity index is 2.43. The predicted molar refractivity (Wildman–Crippen MR) is 106 cm³/mol. The maximum absolute atomic E-state index is 12.5. The second kappa shape index (κ2) is 9.27. The van der Waals surface area contributed by atoms with Gasteiger partial charge in [0.05, 0.1) is 30.3 Å². The zero-order valence-electron chi connectivity index (χ0n) is 15.6. The fraction of sp³-hybridized carbons (Fsp3) is 0.316. The van der Waals surface area contributed by atoms with E-state index in [4.69, 9.17) is 9.47 Å². The molecule has 2 rings (SSSR count). The van der Waals surface area contributed by atoms with Crippen molar-refractivity contribution in [3.63, 3.8) is 0 Å². The molecule has 2 aromatic rings. The van der Waals surface area contributed by atoms with Crippen LogP contribution in [0.3, 0.4) is 0 Å². The van der Waals surface area contributed by atoms with Crippen LogP contribution in [0.2, 0.25) is 0 Å². The van der Waals surface area contributed by atoms with Gasteiger partial charge in [0, 0.05) is 17.7 Å². The van der Waals surface area contributed by atoms with Gasteiger partial charge in [-0.1, -0.05) is 18.2 Å². The van der Waals surface area contributed by atoms with Crippen molar-refractivity contribution in [2.75, 3.05) is 29.0 Å². The molecule has 0 aliphatic carbocycles. The molecule has 27 heavy (non-hydrogen) atoms. The molecule has 146 valence electrons. The topological polar surface area (TPSA) is 93.7 Å². The minimum absolute atomic E-state index is 0.0744. The highest BCUT2D eigenvalue weighted by Gasteiger charge is 2.18. The van der Waals surface area contributed by atoms with Gasteiger partial charge in [-0.15, -0.1) is 0 Å². The summed E-state index contributed by atoms with van der Waals surface area (Å²) in [6, 6.07) is 11.8. The van der Waals surface area contributed by atoms with Crippen LogP contribution in [0.25, 0.3) is 0 Å². The molecule has 0 atom stereocenters. The molecule has 2 N–H and O–H groups in total. The lowest BCUT2D eigenvalue weighted by atomic mass is 10.2. The third-order valence-corrected chi connectivity index (χ3v) is 4.90. The number of hydrogen-bond acceptors (Lipinski definition) is 5. The van der Waals surface area contributed by atoms with Gasteiger partial charge in [-0.2, -0.15) is 0 Å². The van der Waals surface area contributed by atoms with Crippen LogP contribution in [0.5, 0.6) is 11.5 Å². The molecule has 0 bridgehead atoms. The molecule has 0 aliphatic rings. The number of benzene rings is 2. The van der Waals surface area contributed by atoms with Gasteiger partial charge in [-0.25, -0.2) is 8.42 Å². The lowest BCUT2D eigenvalue weighted by molar-refractivity contribution is 0.102. The number of carbonyl (C=O) groups excluding carboxylic acids is 1. The molecule has 0 unspecified atom stereocenters. The minimum Gasteiger partial charge on any atom is -0.492 e. The van der Waals surface area contributed by atoms with Crippen molar-refractivity contribution in [2.24, 2.45) is 0 Å². The Labute approximate surface area is 159 Å². The van der Waals surface area contributed by atoms with E-state index in [-0.39, 0.29) is 17.3 Å². The monoisotopic (exact) mass is 392 g/mol. The smallest absolute Gasteiger partial charge is 0.255 e. The highest BCUT2D eigenvalue weighted by atomic mass is 32.2.